The van der Waals surface area contributed by atoms with Crippen LogP contribution >= 0.6 is 11.6 Å². The van der Waals surface area contributed by atoms with Crippen LogP contribution in [0.4, 0.5) is 11.4 Å². The average molecular weight is 498 g/mol. The number of methoxy groups -OCH3 is 1. The van der Waals surface area contributed by atoms with Gasteiger partial charge >= 0.3 is 11.7 Å². The van der Waals surface area contributed by atoms with Crippen molar-refractivity contribution in [2.24, 2.45) is 0 Å². The van der Waals surface area contributed by atoms with Crippen molar-refractivity contribution >= 4 is 44.9 Å². The second-order valence-corrected chi connectivity index (χ2v) is 9.37. The van der Waals surface area contributed by atoms with Crippen LogP contribution in [0.1, 0.15) is 23.2 Å². The van der Waals surface area contributed by atoms with Gasteiger partial charge in [-0.25, -0.2) is 13.2 Å². The third-order valence-corrected chi connectivity index (χ3v) is 7.08. The first-order valence-electron chi connectivity index (χ1n) is 9.72. The van der Waals surface area contributed by atoms with Crippen molar-refractivity contribution in [3.05, 3.63) is 57.1 Å². The zero-order valence-corrected chi connectivity index (χ0v) is 19.0. The molecule has 0 aromatic heterocycles. The zero-order chi connectivity index (χ0) is 24.2. The van der Waals surface area contributed by atoms with Crippen LogP contribution in [0.3, 0.4) is 0 Å². The van der Waals surface area contributed by atoms with Crippen molar-refractivity contribution in [1.29, 1.82) is 0 Å². The third kappa shape index (κ3) is 5.59. The number of benzene rings is 2. The molecule has 11 nitrogen and oxygen atoms in total. The predicted molar refractivity (Wildman–Crippen MR) is 118 cm³/mol. The molecule has 13 heteroatoms. The summed E-state index contributed by atoms with van der Waals surface area (Å²) in [7, 11) is -2.47. The van der Waals surface area contributed by atoms with Gasteiger partial charge in [0.2, 0.25) is 10.0 Å². The number of nitro groups is 1. The van der Waals surface area contributed by atoms with Crippen LogP contribution in [0.25, 0.3) is 0 Å². The number of amides is 1. The first kappa shape index (κ1) is 24.4. The Labute approximate surface area is 194 Å². The summed E-state index contributed by atoms with van der Waals surface area (Å²) in [5, 5.41) is 13.6. The molecule has 3 rings (SSSR count). The van der Waals surface area contributed by atoms with Crippen LogP contribution < -0.4 is 10.1 Å². The molecule has 0 aliphatic carbocycles. The monoisotopic (exact) mass is 497 g/mol. The minimum Gasteiger partial charge on any atom is -0.490 e. The predicted octanol–water partition coefficient (Wildman–Crippen LogP) is 2.84. The number of halogens is 1. The Morgan fingerprint density at radius 1 is 1.18 bits per heavy atom. The second-order valence-electron chi connectivity index (χ2n) is 7.02. The number of hydrogen-bond donors (Lipinski definition) is 1. The van der Waals surface area contributed by atoms with E-state index in [0.29, 0.717) is 13.1 Å². The number of carbonyl (C=O) groups excluding carboxylic acids is 2. The minimum absolute atomic E-state index is 0.0216. The van der Waals surface area contributed by atoms with E-state index in [2.05, 4.69) is 5.32 Å². The fourth-order valence-electron chi connectivity index (χ4n) is 3.20. The Hall–Kier alpha value is -3.22. The number of hydrogen-bond acceptors (Lipinski definition) is 8. The second kappa shape index (κ2) is 10.1. The van der Waals surface area contributed by atoms with E-state index in [1.165, 1.54) is 41.7 Å². The maximum absolute atomic E-state index is 12.7. The first-order valence-corrected chi connectivity index (χ1v) is 11.5. The molecular formula is C20H20ClN3O8S. The summed E-state index contributed by atoms with van der Waals surface area (Å²) < 4.78 is 36.6. The van der Waals surface area contributed by atoms with Gasteiger partial charge in [0, 0.05) is 19.2 Å². The largest absolute Gasteiger partial charge is 0.490 e. The highest BCUT2D eigenvalue weighted by atomic mass is 35.5. The maximum Gasteiger partial charge on any atom is 0.338 e. The highest BCUT2D eigenvalue weighted by Crippen LogP contribution is 2.29. The summed E-state index contributed by atoms with van der Waals surface area (Å²) in [6.07, 6.45) is 1.55. The molecule has 1 heterocycles. The average Bonchev–Trinajstić information content (AvgIpc) is 3.34. The van der Waals surface area contributed by atoms with Crippen molar-refractivity contribution in [3.63, 3.8) is 0 Å². The van der Waals surface area contributed by atoms with Gasteiger partial charge in [0.25, 0.3) is 5.91 Å². The van der Waals surface area contributed by atoms with Gasteiger partial charge in [0.15, 0.2) is 12.4 Å². The number of esters is 1. The SMILES string of the molecule is COc1ccc(C(=O)OCC(=O)Nc2cc(S(=O)(=O)N3CCCC3)ccc2Cl)cc1[N+](=O)[O-]. The number of carbonyl (C=O) groups is 2. The van der Waals surface area contributed by atoms with Crippen molar-refractivity contribution in [3.8, 4) is 5.75 Å². The first-order chi connectivity index (χ1) is 15.6. The van der Waals surface area contributed by atoms with Crippen molar-refractivity contribution < 1.29 is 32.4 Å². The van der Waals surface area contributed by atoms with Crippen LogP contribution in [0.15, 0.2) is 41.3 Å². The summed E-state index contributed by atoms with van der Waals surface area (Å²) in [4.78, 5) is 34.8. The number of sulfonamides is 1. The summed E-state index contributed by atoms with van der Waals surface area (Å²) in [6, 6.07) is 7.41. The molecule has 0 spiro atoms. The minimum atomic E-state index is -3.72. The molecule has 33 heavy (non-hydrogen) atoms. The lowest BCUT2D eigenvalue weighted by molar-refractivity contribution is -0.385. The summed E-state index contributed by atoms with van der Waals surface area (Å²) in [5.74, 6) is -1.77. The summed E-state index contributed by atoms with van der Waals surface area (Å²) in [5.41, 5.74) is -0.538. The van der Waals surface area contributed by atoms with E-state index < -0.39 is 39.1 Å². The van der Waals surface area contributed by atoms with Crippen molar-refractivity contribution in [2.75, 3.05) is 32.1 Å². The lowest BCUT2D eigenvalue weighted by Gasteiger charge is -2.16. The van der Waals surface area contributed by atoms with Gasteiger partial charge in [-0.05, 0) is 43.2 Å². The Morgan fingerprint density at radius 3 is 2.52 bits per heavy atom. The van der Waals surface area contributed by atoms with Gasteiger partial charge in [-0.2, -0.15) is 4.31 Å². The Morgan fingerprint density at radius 2 is 1.88 bits per heavy atom. The van der Waals surface area contributed by atoms with Crippen molar-refractivity contribution in [2.45, 2.75) is 17.7 Å². The Kier molecular flexibility index (Phi) is 7.51. The van der Waals surface area contributed by atoms with E-state index in [1.807, 2.05) is 0 Å². The van der Waals surface area contributed by atoms with E-state index in [-0.39, 0.29) is 26.9 Å². The van der Waals surface area contributed by atoms with Crippen LogP contribution in [0.5, 0.6) is 5.75 Å². The molecule has 0 radical (unpaired) electrons. The molecule has 1 aliphatic rings. The topological polar surface area (TPSA) is 145 Å². The van der Waals surface area contributed by atoms with Crippen LogP contribution in [0, 0.1) is 10.1 Å². The van der Waals surface area contributed by atoms with Gasteiger partial charge in [0.05, 0.1) is 33.2 Å². The van der Waals surface area contributed by atoms with Crippen LogP contribution in [-0.2, 0) is 19.6 Å². The van der Waals surface area contributed by atoms with E-state index >= 15 is 0 Å². The molecule has 0 bridgehead atoms. The summed E-state index contributed by atoms with van der Waals surface area (Å²) in [6.45, 7) is 0.121. The zero-order valence-electron chi connectivity index (χ0n) is 17.4. The molecule has 1 aliphatic heterocycles. The van der Waals surface area contributed by atoms with E-state index in [9.17, 15) is 28.1 Å². The van der Waals surface area contributed by atoms with Crippen LogP contribution in [0.2, 0.25) is 5.02 Å². The smallest absolute Gasteiger partial charge is 0.338 e. The third-order valence-electron chi connectivity index (χ3n) is 4.86. The molecule has 1 N–H and O–H groups in total. The van der Waals surface area contributed by atoms with Gasteiger partial charge in [-0.3, -0.25) is 14.9 Å². The molecule has 2 aromatic rings. The van der Waals surface area contributed by atoms with E-state index in [4.69, 9.17) is 21.1 Å². The van der Waals surface area contributed by atoms with Crippen molar-refractivity contribution in [1.82, 2.24) is 4.31 Å². The number of nitrogens with zero attached hydrogens (tertiary/aromatic N) is 2. The molecule has 1 fully saturated rings. The Balaban J connectivity index is 1.67. The maximum atomic E-state index is 12.7. The standard InChI is InChI=1S/C20H20ClN3O8S/c1-31-18-7-4-13(10-17(18)24(27)28)20(26)32-12-19(25)22-16-11-14(5-6-15(16)21)33(29,30)23-8-2-3-9-23/h4-7,10-11H,2-3,8-9,12H2,1H3,(H,22,25). The molecule has 1 amide bonds. The fraction of sp³-hybridized carbons (Fsp3) is 0.300. The lowest BCUT2D eigenvalue weighted by atomic mass is 10.2. The van der Waals surface area contributed by atoms with Gasteiger partial charge in [-0.1, -0.05) is 11.6 Å². The van der Waals surface area contributed by atoms with Gasteiger partial charge in [0.1, 0.15) is 0 Å². The normalized spacial score (nSPS) is 14.0. The Bertz CT molecular complexity index is 1200. The summed E-state index contributed by atoms with van der Waals surface area (Å²) >= 11 is 6.08. The molecule has 0 atom stereocenters. The van der Waals surface area contributed by atoms with Crippen LogP contribution in [-0.4, -0.2) is 56.3 Å². The molecule has 0 saturated carbocycles. The molecular weight excluding hydrogens is 478 g/mol. The quantitative estimate of drug-likeness (QED) is 0.333. The van der Waals surface area contributed by atoms with Gasteiger partial charge in [-0.15, -0.1) is 0 Å². The van der Waals surface area contributed by atoms with E-state index in [1.54, 1.807) is 0 Å². The number of nitro benzene ring substituents is 1. The number of rotatable bonds is 8. The fourth-order valence-corrected chi connectivity index (χ4v) is 4.91. The molecule has 1 saturated heterocycles. The highest BCUT2D eigenvalue weighted by Gasteiger charge is 2.28. The molecule has 176 valence electrons. The number of nitrogens with one attached hydrogen (secondary N) is 1. The number of anilines is 1. The van der Waals surface area contributed by atoms with Gasteiger partial charge < -0.3 is 14.8 Å². The van der Waals surface area contributed by atoms with E-state index in [0.717, 1.165) is 18.9 Å². The molecule has 2 aromatic carbocycles. The number of ether oxygens (including phenoxy) is 2. The molecule has 0 unspecified atom stereocenters. The lowest BCUT2D eigenvalue weighted by Crippen LogP contribution is -2.28. The highest BCUT2D eigenvalue weighted by molar-refractivity contribution is 7.89.